The summed E-state index contributed by atoms with van der Waals surface area (Å²) < 4.78 is 7.35. The van der Waals surface area contributed by atoms with E-state index in [1.165, 1.54) is 0 Å². The molecule has 56 heavy (non-hydrogen) atoms. The third-order valence-electron chi connectivity index (χ3n) is 10.4. The molecule has 9 aromatic carbocycles. The standard InChI is InChI=1S/C52H37N3O/c1-7-21-38(22-8-1)53(39-23-9-2-10-24-39)44-35-36-47-48(37-44)56-52-49(47)50(54(40-25-11-3-12-26-40)41-27-13-4-14-28-41)45-33-19-20-34-46(45)51(52)55(42-29-15-5-16-30-42)43-31-17-6-18-32-43/h1-37H. The predicted octanol–water partition coefficient (Wildman–Crippen LogP) is 15.1. The second-order valence-electron chi connectivity index (χ2n) is 13.7. The number of anilines is 9. The summed E-state index contributed by atoms with van der Waals surface area (Å²) in [5.41, 5.74) is 11.0. The van der Waals surface area contributed by atoms with Gasteiger partial charge in [-0.1, -0.05) is 133 Å². The van der Waals surface area contributed by atoms with E-state index in [-0.39, 0.29) is 0 Å². The van der Waals surface area contributed by atoms with Crippen LogP contribution in [0.1, 0.15) is 0 Å². The summed E-state index contributed by atoms with van der Waals surface area (Å²) in [6, 6.07) is 78.9. The molecule has 1 aromatic heterocycles. The number of benzene rings is 9. The Morgan fingerprint density at radius 3 is 1.02 bits per heavy atom. The van der Waals surface area contributed by atoms with Crippen molar-refractivity contribution in [3.05, 3.63) is 224 Å². The molecule has 0 atom stereocenters. The fourth-order valence-electron chi connectivity index (χ4n) is 7.96. The summed E-state index contributed by atoms with van der Waals surface area (Å²) in [7, 11) is 0. The van der Waals surface area contributed by atoms with Crippen LogP contribution in [-0.2, 0) is 0 Å². The zero-order valence-electron chi connectivity index (χ0n) is 30.6. The molecule has 1 heterocycles. The van der Waals surface area contributed by atoms with Crippen LogP contribution >= 0.6 is 0 Å². The molecule has 10 rings (SSSR count). The number of hydrogen-bond donors (Lipinski definition) is 0. The molecule has 4 nitrogen and oxygen atoms in total. The van der Waals surface area contributed by atoms with E-state index in [9.17, 15) is 0 Å². The van der Waals surface area contributed by atoms with Crippen molar-refractivity contribution in [2.75, 3.05) is 14.7 Å². The Morgan fingerprint density at radius 1 is 0.268 bits per heavy atom. The summed E-state index contributed by atoms with van der Waals surface area (Å²) in [6.07, 6.45) is 0. The number of fused-ring (bicyclic) bond motifs is 4. The van der Waals surface area contributed by atoms with Crippen LogP contribution in [-0.4, -0.2) is 0 Å². The van der Waals surface area contributed by atoms with Crippen molar-refractivity contribution in [3.8, 4) is 0 Å². The smallest absolute Gasteiger partial charge is 0.162 e. The van der Waals surface area contributed by atoms with E-state index in [0.717, 1.165) is 83.9 Å². The maximum absolute atomic E-state index is 7.35. The van der Waals surface area contributed by atoms with Gasteiger partial charge in [0.25, 0.3) is 0 Å². The third kappa shape index (κ3) is 5.81. The molecule has 0 aliphatic carbocycles. The summed E-state index contributed by atoms with van der Waals surface area (Å²) in [6.45, 7) is 0. The number of para-hydroxylation sites is 6. The lowest BCUT2D eigenvalue weighted by molar-refractivity contribution is 0.669. The molecule has 0 saturated carbocycles. The number of hydrogen-bond acceptors (Lipinski definition) is 4. The molecule has 10 aromatic rings. The quantitative estimate of drug-likeness (QED) is 0.139. The van der Waals surface area contributed by atoms with Crippen LogP contribution in [0.4, 0.5) is 51.2 Å². The molecule has 0 N–H and O–H groups in total. The molecule has 0 spiro atoms. The van der Waals surface area contributed by atoms with Crippen molar-refractivity contribution in [1.29, 1.82) is 0 Å². The fraction of sp³-hybridized carbons (Fsp3) is 0. The SMILES string of the molecule is c1ccc(N(c2ccccc2)c2ccc3c(c2)oc2c(N(c4ccccc4)c4ccccc4)c4ccccc4c(N(c4ccccc4)c4ccccc4)c23)cc1. The van der Waals surface area contributed by atoms with Crippen LogP contribution < -0.4 is 14.7 Å². The molecule has 0 amide bonds. The number of rotatable bonds is 9. The highest BCUT2D eigenvalue weighted by atomic mass is 16.3. The second kappa shape index (κ2) is 14.3. The fourth-order valence-corrected chi connectivity index (χ4v) is 7.96. The van der Waals surface area contributed by atoms with Crippen LogP contribution in [0, 0.1) is 0 Å². The topological polar surface area (TPSA) is 22.9 Å². The first kappa shape index (κ1) is 33.0. The zero-order valence-corrected chi connectivity index (χ0v) is 30.6. The molecule has 0 bridgehead atoms. The van der Waals surface area contributed by atoms with Gasteiger partial charge >= 0.3 is 0 Å². The van der Waals surface area contributed by atoms with E-state index in [0.29, 0.717) is 0 Å². The minimum atomic E-state index is 0.800. The van der Waals surface area contributed by atoms with Crippen molar-refractivity contribution in [2.45, 2.75) is 0 Å². The molecular formula is C52H37N3O. The van der Waals surface area contributed by atoms with E-state index in [4.69, 9.17) is 4.42 Å². The Balaban J connectivity index is 1.35. The Bertz CT molecular complexity index is 2780. The molecule has 0 saturated heterocycles. The van der Waals surface area contributed by atoms with Gasteiger partial charge in [-0.25, -0.2) is 0 Å². The highest BCUT2D eigenvalue weighted by Crippen LogP contribution is 2.54. The van der Waals surface area contributed by atoms with Crippen molar-refractivity contribution < 1.29 is 4.42 Å². The average Bonchev–Trinajstić information content (AvgIpc) is 3.65. The molecular weight excluding hydrogens is 683 g/mol. The highest BCUT2D eigenvalue weighted by Gasteiger charge is 2.29. The van der Waals surface area contributed by atoms with Crippen molar-refractivity contribution >= 4 is 83.9 Å². The van der Waals surface area contributed by atoms with Crippen molar-refractivity contribution in [2.24, 2.45) is 0 Å². The first-order valence-electron chi connectivity index (χ1n) is 19.0. The first-order valence-corrected chi connectivity index (χ1v) is 19.0. The van der Waals surface area contributed by atoms with Gasteiger partial charge in [0.15, 0.2) is 5.58 Å². The van der Waals surface area contributed by atoms with Gasteiger partial charge in [0, 0.05) is 62.0 Å². The van der Waals surface area contributed by atoms with Gasteiger partial charge in [0.2, 0.25) is 0 Å². The molecule has 0 aliphatic rings. The lowest BCUT2D eigenvalue weighted by Crippen LogP contribution is -2.14. The van der Waals surface area contributed by atoms with Gasteiger partial charge in [0.05, 0.1) is 16.8 Å². The van der Waals surface area contributed by atoms with E-state index >= 15 is 0 Å². The van der Waals surface area contributed by atoms with E-state index in [2.05, 4.69) is 239 Å². The summed E-state index contributed by atoms with van der Waals surface area (Å²) in [4.78, 5) is 7.01. The molecule has 4 heteroatoms. The first-order chi connectivity index (χ1) is 27.8. The molecule has 0 unspecified atom stereocenters. The Labute approximate surface area is 326 Å². The largest absolute Gasteiger partial charge is 0.454 e. The van der Waals surface area contributed by atoms with Crippen LogP contribution in [0.2, 0.25) is 0 Å². The number of furan rings is 1. The Morgan fingerprint density at radius 2 is 0.607 bits per heavy atom. The van der Waals surface area contributed by atoms with Crippen LogP contribution in [0.25, 0.3) is 32.7 Å². The Kier molecular flexibility index (Phi) is 8.47. The van der Waals surface area contributed by atoms with Crippen molar-refractivity contribution in [3.63, 3.8) is 0 Å². The van der Waals surface area contributed by atoms with Gasteiger partial charge in [0.1, 0.15) is 5.58 Å². The lowest BCUT2D eigenvalue weighted by atomic mass is 9.97. The maximum Gasteiger partial charge on any atom is 0.162 e. The highest BCUT2D eigenvalue weighted by molar-refractivity contribution is 6.28. The monoisotopic (exact) mass is 719 g/mol. The van der Waals surface area contributed by atoms with Crippen LogP contribution in [0.15, 0.2) is 229 Å². The van der Waals surface area contributed by atoms with E-state index in [1.807, 2.05) is 0 Å². The summed E-state index contributed by atoms with van der Waals surface area (Å²) in [5, 5.41) is 4.26. The summed E-state index contributed by atoms with van der Waals surface area (Å²) in [5.74, 6) is 0. The predicted molar refractivity (Wildman–Crippen MR) is 235 cm³/mol. The minimum Gasteiger partial charge on any atom is -0.454 e. The van der Waals surface area contributed by atoms with Gasteiger partial charge in [-0.2, -0.15) is 0 Å². The second-order valence-corrected chi connectivity index (χ2v) is 13.7. The van der Waals surface area contributed by atoms with Crippen LogP contribution in [0.3, 0.4) is 0 Å². The van der Waals surface area contributed by atoms with E-state index < -0.39 is 0 Å². The normalized spacial score (nSPS) is 11.2. The van der Waals surface area contributed by atoms with Gasteiger partial charge in [-0.05, 0) is 84.9 Å². The van der Waals surface area contributed by atoms with Gasteiger partial charge in [-0.15, -0.1) is 0 Å². The summed E-state index contributed by atoms with van der Waals surface area (Å²) >= 11 is 0. The van der Waals surface area contributed by atoms with E-state index in [1.54, 1.807) is 0 Å². The van der Waals surface area contributed by atoms with Crippen LogP contribution in [0.5, 0.6) is 0 Å². The van der Waals surface area contributed by atoms with Gasteiger partial charge < -0.3 is 19.1 Å². The third-order valence-corrected chi connectivity index (χ3v) is 10.4. The molecule has 0 radical (unpaired) electrons. The minimum absolute atomic E-state index is 0.800. The van der Waals surface area contributed by atoms with Crippen molar-refractivity contribution in [1.82, 2.24) is 0 Å². The molecule has 266 valence electrons. The maximum atomic E-state index is 7.35. The molecule has 0 fully saturated rings. The number of nitrogens with zero attached hydrogens (tertiary/aromatic N) is 3. The lowest BCUT2D eigenvalue weighted by Gasteiger charge is -2.31. The average molecular weight is 720 g/mol. The Hall–Kier alpha value is -7.56. The van der Waals surface area contributed by atoms with Gasteiger partial charge in [-0.3, -0.25) is 0 Å². The molecule has 0 aliphatic heterocycles. The zero-order chi connectivity index (χ0) is 37.3.